The summed E-state index contributed by atoms with van der Waals surface area (Å²) in [7, 11) is 2.40. The van der Waals surface area contributed by atoms with E-state index >= 15 is 0 Å². The standard InChI is InChI=1S/C12H25NO6/c1-4-5-6-13-8-11(16,18-2)12(17,19-3)10(15)9(13)7-14/h9-10,14-17H,4-8H2,1-3H3/t9-,10-,11-,12-/m1/s1. The van der Waals surface area contributed by atoms with Crippen LogP contribution in [-0.4, -0.2) is 83.0 Å². The molecule has 0 amide bonds. The third-order valence-corrected chi connectivity index (χ3v) is 3.85. The van der Waals surface area contributed by atoms with E-state index < -0.39 is 23.7 Å². The summed E-state index contributed by atoms with van der Waals surface area (Å²) in [5.74, 6) is -4.33. The van der Waals surface area contributed by atoms with Crippen molar-refractivity contribution in [1.29, 1.82) is 0 Å². The average Bonchev–Trinajstić information content (AvgIpc) is 2.42. The van der Waals surface area contributed by atoms with Gasteiger partial charge in [-0.15, -0.1) is 0 Å². The number of hydrogen-bond donors (Lipinski definition) is 4. The lowest BCUT2D eigenvalue weighted by atomic mass is 9.87. The molecule has 0 unspecified atom stereocenters. The van der Waals surface area contributed by atoms with Crippen LogP contribution in [0.3, 0.4) is 0 Å². The van der Waals surface area contributed by atoms with Crippen LogP contribution in [-0.2, 0) is 9.47 Å². The van der Waals surface area contributed by atoms with E-state index in [-0.39, 0.29) is 13.2 Å². The van der Waals surface area contributed by atoms with Gasteiger partial charge in [0.05, 0.1) is 19.2 Å². The van der Waals surface area contributed by atoms with Gasteiger partial charge in [0.15, 0.2) is 0 Å². The van der Waals surface area contributed by atoms with Gasteiger partial charge in [-0.1, -0.05) is 13.3 Å². The van der Waals surface area contributed by atoms with E-state index in [4.69, 9.17) is 9.47 Å². The van der Waals surface area contributed by atoms with Crippen LogP contribution >= 0.6 is 0 Å². The Bertz CT molecular complexity index is 291. The number of hydrogen-bond acceptors (Lipinski definition) is 7. The molecule has 0 aromatic heterocycles. The van der Waals surface area contributed by atoms with Crippen LogP contribution in [0.2, 0.25) is 0 Å². The minimum atomic E-state index is -2.28. The minimum Gasteiger partial charge on any atom is -0.395 e. The lowest BCUT2D eigenvalue weighted by molar-refractivity contribution is -0.424. The molecule has 0 bridgehead atoms. The first-order chi connectivity index (χ1) is 8.90. The highest BCUT2D eigenvalue weighted by molar-refractivity contribution is 5.04. The van der Waals surface area contributed by atoms with Gasteiger partial charge in [0.1, 0.15) is 6.10 Å². The molecular weight excluding hydrogens is 254 g/mol. The first kappa shape index (κ1) is 16.8. The first-order valence-corrected chi connectivity index (χ1v) is 6.48. The maximum Gasteiger partial charge on any atom is 0.250 e. The van der Waals surface area contributed by atoms with Crippen molar-refractivity contribution in [3.63, 3.8) is 0 Å². The molecule has 114 valence electrons. The van der Waals surface area contributed by atoms with Crippen molar-refractivity contribution in [2.75, 3.05) is 33.9 Å². The first-order valence-electron chi connectivity index (χ1n) is 6.48. The summed E-state index contributed by atoms with van der Waals surface area (Å²) >= 11 is 0. The number of rotatable bonds is 6. The molecule has 7 nitrogen and oxygen atoms in total. The smallest absolute Gasteiger partial charge is 0.250 e. The Balaban J connectivity index is 3.03. The second-order valence-corrected chi connectivity index (χ2v) is 4.91. The van der Waals surface area contributed by atoms with Crippen molar-refractivity contribution < 1.29 is 29.9 Å². The highest BCUT2D eigenvalue weighted by Gasteiger charge is 2.63. The highest BCUT2D eigenvalue weighted by Crippen LogP contribution is 2.36. The van der Waals surface area contributed by atoms with Gasteiger partial charge in [0, 0.05) is 14.2 Å². The van der Waals surface area contributed by atoms with Crippen molar-refractivity contribution in [1.82, 2.24) is 4.90 Å². The molecule has 7 heteroatoms. The summed E-state index contributed by atoms with van der Waals surface area (Å²) in [5, 5.41) is 40.3. The Kier molecular flexibility index (Phi) is 5.69. The minimum absolute atomic E-state index is 0.0594. The maximum absolute atomic E-state index is 10.4. The van der Waals surface area contributed by atoms with Crippen molar-refractivity contribution in [2.45, 2.75) is 43.5 Å². The van der Waals surface area contributed by atoms with Crippen LogP contribution in [0.15, 0.2) is 0 Å². The van der Waals surface area contributed by atoms with Crippen LogP contribution in [0, 0.1) is 0 Å². The molecule has 1 heterocycles. The van der Waals surface area contributed by atoms with Crippen LogP contribution in [0.4, 0.5) is 0 Å². The lowest BCUT2D eigenvalue weighted by Crippen LogP contribution is -2.77. The summed E-state index contributed by atoms with van der Waals surface area (Å²) < 4.78 is 9.83. The van der Waals surface area contributed by atoms with E-state index in [1.807, 2.05) is 6.92 Å². The van der Waals surface area contributed by atoms with Gasteiger partial charge >= 0.3 is 0 Å². The van der Waals surface area contributed by atoms with Crippen molar-refractivity contribution in [2.24, 2.45) is 0 Å². The monoisotopic (exact) mass is 279 g/mol. The molecule has 19 heavy (non-hydrogen) atoms. The second kappa shape index (κ2) is 6.45. The molecule has 1 aliphatic rings. The van der Waals surface area contributed by atoms with E-state index in [9.17, 15) is 20.4 Å². The summed E-state index contributed by atoms with van der Waals surface area (Å²) in [6.07, 6.45) is 0.289. The fourth-order valence-electron chi connectivity index (χ4n) is 2.51. The predicted octanol–water partition coefficient (Wildman–Crippen LogP) is -1.51. The van der Waals surface area contributed by atoms with E-state index in [2.05, 4.69) is 0 Å². The average molecular weight is 279 g/mol. The number of aliphatic hydroxyl groups is 4. The van der Waals surface area contributed by atoms with Crippen LogP contribution in [0.25, 0.3) is 0 Å². The number of aliphatic hydroxyl groups excluding tert-OH is 2. The Morgan fingerprint density at radius 2 is 1.89 bits per heavy atom. The predicted molar refractivity (Wildman–Crippen MR) is 67.3 cm³/mol. The molecule has 0 aliphatic carbocycles. The molecule has 1 aliphatic heterocycles. The largest absolute Gasteiger partial charge is 0.395 e. The zero-order valence-corrected chi connectivity index (χ0v) is 11.7. The Labute approximate surface area is 113 Å². The van der Waals surface area contributed by atoms with Gasteiger partial charge < -0.3 is 29.9 Å². The molecule has 0 aromatic rings. The highest BCUT2D eigenvalue weighted by atomic mass is 16.7. The fourth-order valence-corrected chi connectivity index (χ4v) is 2.51. The van der Waals surface area contributed by atoms with E-state index in [0.29, 0.717) is 6.54 Å². The number of unbranched alkanes of at least 4 members (excludes halogenated alkanes) is 1. The third kappa shape index (κ3) is 2.78. The molecule has 0 saturated carbocycles. The molecule has 4 atom stereocenters. The summed E-state index contributed by atoms with van der Waals surface area (Å²) in [6, 6.07) is -0.716. The number of β-amino-alcohol motifs (C(OH)–C–C–N with tert-alkyl or cyclic N) is 1. The SMILES string of the molecule is CCCCN1C[C@@](O)(OC)[C@](O)(OC)[C@H](O)[C@H]1CO. The van der Waals surface area contributed by atoms with Gasteiger partial charge in [-0.3, -0.25) is 4.90 Å². The number of nitrogens with zero attached hydrogens (tertiary/aromatic N) is 1. The van der Waals surface area contributed by atoms with Gasteiger partial charge in [0.2, 0.25) is 5.79 Å². The van der Waals surface area contributed by atoms with Gasteiger partial charge in [-0.05, 0) is 13.0 Å². The molecule has 0 spiro atoms. The van der Waals surface area contributed by atoms with E-state index in [1.165, 1.54) is 14.2 Å². The van der Waals surface area contributed by atoms with Gasteiger partial charge in [-0.25, -0.2) is 0 Å². The Morgan fingerprint density at radius 1 is 1.26 bits per heavy atom. The lowest BCUT2D eigenvalue weighted by Gasteiger charge is -2.53. The number of ether oxygens (including phenoxy) is 2. The zero-order valence-electron chi connectivity index (χ0n) is 11.7. The normalized spacial score (nSPS) is 40.6. The van der Waals surface area contributed by atoms with E-state index in [0.717, 1.165) is 12.8 Å². The summed E-state index contributed by atoms with van der Waals surface area (Å²) in [4.78, 5) is 1.70. The molecule has 0 aromatic carbocycles. The molecule has 1 rings (SSSR count). The van der Waals surface area contributed by atoms with Crippen LogP contribution < -0.4 is 0 Å². The molecule has 1 fully saturated rings. The van der Waals surface area contributed by atoms with Crippen LogP contribution in [0.5, 0.6) is 0 Å². The van der Waals surface area contributed by atoms with Crippen molar-refractivity contribution in [3.05, 3.63) is 0 Å². The topological polar surface area (TPSA) is 103 Å². The maximum atomic E-state index is 10.4. The Morgan fingerprint density at radius 3 is 2.32 bits per heavy atom. The second-order valence-electron chi connectivity index (χ2n) is 4.91. The molecular formula is C12H25NO6. The van der Waals surface area contributed by atoms with Gasteiger partial charge in [-0.2, -0.15) is 0 Å². The summed E-state index contributed by atoms with van der Waals surface area (Å²) in [6.45, 7) is 2.18. The van der Waals surface area contributed by atoms with Crippen molar-refractivity contribution >= 4 is 0 Å². The quantitative estimate of drug-likeness (QED) is 0.439. The molecule has 0 radical (unpaired) electrons. The van der Waals surface area contributed by atoms with Crippen molar-refractivity contribution in [3.8, 4) is 0 Å². The number of likely N-dealkylation sites (tertiary alicyclic amines) is 1. The van der Waals surface area contributed by atoms with E-state index in [1.54, 1.807) is 4.90 Å². The zero-order chi connectivity index (χ0) is 14.7. The molecule has 4 N–H and O–H groups in total. The van der Waals surface area contributed by atoms with Gasteiger partial charge in [0.25, 0.3) is 5.79 Å². The summed E-state index contributed by atoms with van der Waals surface area (Å²) in [5.41, 5.74) is 0. The number of methoxy groups -OCH3 is 2. The fraction of sp³-hybridized carbons (Fsp3) is 1.00. The Hall–Kier alpha value is -0.280. The van der Waals surface area contributed by atoms with Crippen LogP contribution in [0.1, 0.15) is 19.8 Å². The number of piperidine rings is 1. The molecule has 1 saturated heterocycles. The third-order valence-electron chi connectivity index (χ3n) is 3.85.